The van der Waals surface area contributed by atoms with Crippen LogP contribution in [-0.4, -0.2) is 28.1 Å². The summed E-state index contributed by atoms with van der Waals surface area (Å²) >= 11 is 5.28. The van der Waals surface area contributed by atoms with Crippen molar-refractivity contribution in [2.75, 3.05) is 0 Å². The first-order valence-corrected chi connectivity index (χ1v) is 10.6. The second kappa shape index (κ2) is 5.71. The second-order valence-corrected chi connectivity index (χ2v) is 10.9. The average molecular weight is 403 g/mol. The molecule has 4 bridgehead atoms. The van der Waals surface area contributed by atoms with Crippen molar-refractivity contribution >= 4 is 40.3 Å². The van der Waals surface area contributed by atoms with E-state index in [9.17, 15) is 9.59 Å². The van der Waals surface area contributed by atoms with Crippen molar-refractivity contribution < 1.29 is 9.59 Å². The molecule has 4 fully saturated rings. The van der Waals surface area contributed by atoms with E-state index in [1.807, 2.05) is 13.8 Å². The van der Waals surface area contributed by atoms with E-state index in [4.69, 9.17) is 12.2 Å². The van der Waals surface area contributed by atoms with Crippen molar-refractivity contribution in [2.45, 2.75) is 67.2 Å². The average Bonchev–Trinajstić information content (AvgIpc) is 3.10. The minimum atomic E-state index is -0.343. The normalized spacial score (nSPS) is 42.6. The van der Waals surface area contributed by atoms with Gasteiger partial charge in [0.2, 0.25) is 5.11 Å². The van der Waals surface area contributed by atoms with Crippen molar-refractivity contribution in [2.24, 2.45) is 43.7 Å². The highest BCUT2D eigenvalue weighted by atomic mass is 32.1. The summed E-state index contributed by atoms with van der Waals surface area (Å²) in [5, 5.41) is 8.89. The number of rotatable bonds is 2. The molecule has 7 heteroatoms. The number of carbonyl (C=O) groups excluding carboxylic acids is 2. The molecule has 0 spiro atoms. The smallest absolute Gasteiger partial charge is 0.207 e. The Hall–Kier alpha value is -1.63. The van der Waals surface area contributed by atoms with Crippen LogP contribution in [0.15, 0.2) is 10.2 Å². The van der Waals surface area contributed by atoms with Gasteiger partial charge in [0.25, 0.3) is 0 Å². The standard InChI is InChI=1S/C21H30N4O2S/c1-18(2)11-7-9-20(18,5)15(26)13(11)22-24-17(28)25-23-14-12-8-10-21(6,16(14)27)19(12,3)4/h11-12H,7-10H2,1-6H3,(H2,24,25,28)/b22-13+,23-14+/t11-,12-,20+,21+/m1/s1. The number of carbonyl (C=O) groups is 2. The summed E-state index contributed by atoms with van der Waals surface area (Å²) < 4.78 is 0. The Morgan fingerprint density at radius 1 is 0.821 bits per heavy atom. The lowest BCUT2D eigenvalue weighted by atomic mass is 9.70. The maximum atomic E-state index is 12.8. The molecule has 4 saturated carbocycles. The summed E-state index contributed by atoms with van der Waals surface area (Å²) in [6, 6.07) is 0. The van der Waals surface area contributed by atoms with Crippen LogP contribution in [0.4, 0.5) is 0 Å². The number of thiocarbonyl (C=S) groups is 1. The first-order chi connectivity index (χ1) is 12.9. The molecule has 0 unspecified atom stereocenters. The third-order valence-electron chi connectivity index (χ3n) is 9.14. The van der Waals surface area contributed by atoms with Crippen molar-refractivity contribution in [3.8, 4) is 0 Å². The van der Waals surface area contributed by atoms with Gasteiger partial charge in [0.05, 0.1) is 0 Å². The van der Waals surface area contributed by atoms with E-state index >= 15 is 0 Å². The SMILES string of the molecule is CC1(C)[C@@H]2CC[C@@]1(C)C(=O)/C2=N/NC(=S)N/N=C1/C(=O)[C@]2(C)CC[C@H]1C2(C)C. The van der Waals surface area contributed by atoms with Gasteiger partial charge in [0, 0.05) is 22.7 Å². The van der Waals surface area contributed by atoms with Gasteiger partial charge < -0.3 is 0 Å². The molecule has 0 aliphatic heterocycles. The van der Waals surface area contributed by atoms with Gasteiger partial charge in [-0.15, -0.1) is 0 Å². The molecule has 4 aliphatic carbocycles. The highest BCUT2D eigenvalue weighted by molar-refractivity contribution is 7.80. The molecule has 0 aromatic rings. The van der Waals surface area contributed by atoms with Crippen LogP contribution < -0.4 is 10.9 Å². The van der Waals surface area contributed by atoms with E-state index in [1.165, 1.54) is 0 Å². The lowest BCUT2D eigenvalue weighted by Crippen LogP contribution is -2.36. The molecule has 152 valence electrons. The maximum absolute atomic E-state index is 12.8. The van der Waals surface area contributed by atoms with E-state index in [2.05, 4.69) is 48.7 Å². The predicted octanol–water partition coefficient (Wildman–Crippen LogP) is 3.21. The van der Waals surface area contributed by atoms with E-state index in [0.29, 0.717) is 11.4 Å². The fraction of sp³-hybridized carbons (Fsp3) is 0.762. The van der Waals surface area contributed by atoms with Crippen LogP contribution in [0.5, 0.6) is 0 Å². The Kier molecular flexibility index (Phi) is 4.01. The van der Waals surface area contributed by atoms with E-state index in [0.717, 1.165) is 25.7 Å². The Bertz CT molecular complexity index is 790. The van der Waals surface area contributed by atoms with Crippen molar-refractivity contribution in [1.29, 1.82) is 0 Å². The number of nitrogens with one attached hydrogen (secondary N) is 2. The fourth-order valence-corrected chi connectivity index (χ4v) is 6.25. The molecule has 0 radical (unpaired) electrons. The van der Waals surface area contributed by atoms with Gasteiger partial charge in [-0.25, -0.2) is 0 Å². The van der Waals surface area contributed by atoms with Gasteiger partial charge >= 0.3 is 0 Å². The Labute approximate surface area is 172 Å². The number of hydrogen-bond donors (Lipinski definition) is 2. The highest BCUT2D eigenvalue weighted by Crippen LogP contribution is 2.63. The molecule has 4 atom stereocenters. The Morgan fingerprint density at radius 3 is 1.46 bits per heavy atom. The number of ketones is 2. The molecule has 4 rings (SSSR count). The van der Waals surface area contributed by atoms with E-state index in [1.54, 1.807) is 0 Å². The first-order valence-electron chi connectivity index (χ1n) is 10.2. The molecule has 0 heterocycles. The molecule has 2 N–H and O–H groups in total. The summed E-state index contributed by atoms with van der Waals surface area (Å²) in [6.45, 7) is 12.7. The topological polar surface area (TPSA) is 82.9 Å². The monoisotopic (exact) mass is 402 g/mol. The van der Waals surface area contributed by atoms with Crippen molar-refractivity contribution in [3.05, 3.63) is 0 Å². The molecule has 0 saturated heterocycles. The summed E-state index contributed by atoms with van der Waals surface area (Å²) in [6.07, 6.45) is 3.78. The van der Waals surface area contributed by atoms with Crippen molar-refractivity contribution in [1.82, 2.24) is 10.9 Å². The lowest BCUT2D eigenvalue weighted by Gasteiger charge is -2.31. The van der Waals surface area contributed by atoms with Gasteiger partial charge in [-0.1, -0.05) is 41.5 Å². The largest absolute Gasteiger partial charge is 0.292 e. The zero-order chi connectivity index (χ0) is 20.7. The van der Waals surface area contributed by atoms with Crippen LogP contribution in [0, 0.1) is 33.5 Å². The van der Waals surface area contributed by atoms with E-state index in [-0.39, 0.29) is 50.2 Å². The van der Waals surface area contributed by atoms with Crippen molar-refractivity contribution in [3.63, 3.8) is 0 Å². The zero-order valence-electron chi connectivity index (χ0n) is 17.6. The Morgan fingerprint density at radius 2 is 1.18 bits per heavy atom. The highest BCUT2D eigenvalue weighted by Gasteiger charge is 2.66. The van der Waals surface area contributed by atoms with E-state index < -0.39 is 0 Å². The van der Waals surface area contributed by atoms with Gasteiger partial charge in [-0.3, -0.25) is 20.4 Å². The van der Waals surface area contributed by atoms with Crippen LogP contribution in [0.25, 0.3) is 0 Å². The van der Waals surface area contributed by atoms with Gasteiger partial charge in [-0.05, 0) is 48.7 Å². The minimum Gasteiger partial charge on any atom is -0.292 e. The molecule has 28 heavy (non-hydrogen) atoms. The quantitative estimate of drug-likeness (QED) is 0.547. The molecule has 6 nitrogen and oxygen atoms in total. The number of hydrogen-bond acceptors (Lipinski definition) is 5. The van der Waals surface area contributed by atoms with Gasteiger partial charge in [0.15, 0.2) is 11.6 Å². The van der Waals surface area contributed by atoms with Crippen LogP contribution in [0.3, 0.4) is 0 Å². The van der Waals surface area contributed by atoms with Crippen LogP contribution in [0.2, 0.25) is 0 Å². The number of Topliss-reactive ketones (excluding diaryl/α,β-unsaturated/α-hetero) is 2. The zero-order valence-corrected chi connectivity index (χ0v) is 18.4. The van der Waals surface area contributed by atoms with Crippen LogP contribution in [-0.2, 0) is 9.59 Å². The van der Waals surface area contributed by atoms with Crippen LogP contribution in [0.1, 0.15) is 67.2 Å². The van der Waals surface area contributed by atoms with Gasteiger partial charge in [0.1, 0.15) is 11.4 Å². The molecule has 0 amide bonds. The molecule has 0 aromatic heterocycles. The Balaban J connectivity index is 1.46. The lowest BCUT2D eigenvalue weighted by molar-refractivity contribution is -0.124. The summed E-state index contributed by atoms with van der Waals surface area (Å²) in [5.74, 6) is 0.542. The minimum absolute atomic E-state index is 0.0869. The number of fused-ring (bicyclic) bond motifs is 4. The third kappa shape index (κ3) is 2.17. The molecule has 4 aliphatic rings. The molecular weight excluding hydrogens is 372 g/mol. The second-order valence-electron chi connectivity index (χ2n) is 10.5. The summed E-state index contributed by atoms with van der Waals surface area (Å²) in [5.41, 5.74) is 5.86. The molecule has 0 aromatic carbocycles. The summed E-state index contributed by atoms with van der Waals surface area (Å²) in [4.78, 5) is 25.6. The predicted molar refractivity (Wildman–Crippen MR) is 113 cm³/mol. The number of hydrazone groups is 2. The number of nitrogens with zero attached hydrogens (tertiary/aromatic N) is 2. The first kappa shape index (κ1) is 19.7. The summed E-state index contributed by atoms with van der Waals surface area (Å²) in [7, 11) is 0. The fourth-order valence-electron chi connectivity index (χ4n) is 6.16. The molecular formula is C21H30N4O2S. The van der Waals surface area contributed by atoms with Gasteiger partial charge in [-0.2, -0.15) is 10.2 Å². The van der Waals surface area contributed by atoms with Crippen LogP contribution >= 0.6 is 12.2 Å². The maximum Gasteiger partial charge on any atom is 0.207 e. The third-order valence-corrected chi connectivity index (χ3v) is 9.32.